The van der Waals surface area contributed by atoms with Crippen LogP contribution in [0.3, 0.4) is 0 Å². The van der Waals surface area contributed by atoms with Gasteiger partial charge in [-0.3, -0.25) is 4.68 Å². The Hall–Kier alpha value is -3.20. The number of hydrogen-bond acceptors (Lipinski definition) is 7. The van der Waals surface area contributed by atoms with Crippen molar-refractivity contribution in [1.29, 1.82) is 0 Å². The number of carbonyl (C=O) groups is 1. The second-order valence-electron chi connectivity index (χ2n) is 11.5. The maximum absolute atomic E-state index is 11.8. The molecule has 9 heteroatoms. The number of likely N-dealkylation sites (tertiary alicyclic amines) is 1. The Bertz CT molecular complexity index is 1270. The lowest BCUT2D eigenvalue weighted by atomic mass is 9.79. The van der Waals surface area contributed by atoms with E-state index in [9.17, 15) is 4.79 Å². The van der Waals surface area contributed by atoms with Crippen molar-refractivity contribution >= 4 is 5.97 Å². The topological polar surface area (TPSA) is 87.3 Å². The van der Waals surface area contributed by atoms with Crippen LogP contribution in [0.4, 0.5) is 0 Å². The highest BCUT2D eigenvalue weighted by atomic mass is 16.5. The Balaban J connectivity index is 1.01. The van der Waals surface area contributed by atoms with Crippen molar-refractivity contribution in [3.8, 4) is 5.75 Å². The first kappa shape index (κ1) is 26.0. The maximum atomic E-state index is 11.8. The quantitative estimate of drug-likeness (QED) is 0.377. The number of carbonyl (C=O) groups excluding carboxylic acids is 1. The number of methoxy groups -OCH3 is 1. The van der Waals surface area contributed by atoms with E-state index in [0.717, 1.165) is 43.4 Å². The van der Waals surface area contributed by atoms with Gasteiger partial charge in [-0.25, -0.2) is 4.79 Å². The normalized spacial score (nSPS) is 25.7. The van der Waals surface area contributed by atoms with Crippen LogP contribution in [-0.4, -0.2) is 61.7 Å². The van der Waals surface area contributed by atoms with Gasteiger partial charge in [0.05, 0.1) is 24.9 Å². The van der Waals surface area contributed by atoms with Crippen molar-refractivity contribution in [1.82, 2.24) is 29.4 Å². The molecule has 0 unspecified atom stereocenters. The zero-order valence-electron chi connectivity index (χ0n) is 23.2. The molecular formula is C30H40N6O3. The van der Waals surface area contributed by atoms with Gasteiger partial charge in [0, 0.05) is 25.2 Å². The Morgan fingerprint density at radius 1 is 0.974 bits per heavy atom. The summed E-state index contributed by atoms with van der Waals surface area (Å²) in [5.41, 5.74) is 1.87. The number of nitrogens with zero attached hydrogens (tertiary/aromatic N) is 6. The van der Waals surface area contributed by atoms with Crippen LogP contribution in [0.25, 0.3) is 0 Å². The molecule has 1 aliphatic heterocycles. The van der Waals surface area contributed by atoms with Crippen LogP contribution in [0.5, 0.6) is 5.75 Å². The molecule has 3 aromatic rings. The molecule has 9 nitrogen and oxygen atoms in total. The molecule has 6 rings (SSSR count). The summed E-state index contributed by atoms with van der Waals surface area (Å²) in [5, 5.41) is 13.8. The average Bonchev–Trinajstić information content (AvgIpc) is 3.58. The standard InChI is InChI=1S/C30H40N6O3/c1-34-28(20-39-27-6-3-5-23(17-27)30(37)38-2)32-33-29(34)22-9-7-21(8-10-22)24-18-31-36(19-24)26-13-11-25(12-14-26)35-15-4-16-35/h3,5-6,17-19,21-22,25-26H,4,7-16,20H2,1-2H3. The highest BCUT2D eigenvalue weighted by Gasteiger charge is 2.31. The molecule has 3 heterocycles. The molecule has 3 aliphatic rings. The molecular weight excluding hydrogens is 492 g/mol. The Kier molecular flexibility index (Phi) is 7.68. The third-order valence-corrected chi connectivity index (χ3v) is 9.25. The Morgan fingerprint density at radius 3 is 2.44 bits per heavy atom. The number of aromatic nitrogens is 5. The molecule has 0 amide bonds. The molecule has 1 aromatic carbocycles. The van der Waals surface area contributed by atoms with E-state index in [0.29, 0.717) is 35.8 Å². The third kappa shape index (κ3) is 5.60. The monoisotopic (exact) mass is 532 g/mol. The predicted octanol–water partition coefficient (Wildman–Crippen LogP) is 5.01. The van der Waals surface area contributed by atoms with E-state index in [-0.39, 0.29) is 5.97 Å². The first-order valence-electron chi connectivity index (χ1n) is 14.6. The van der Waals surface area contributed by atoms with Crippen molar-refractivity contribution in [3.63, 3.8) is 0 Å². The lowest BCUT2D eigenvalue weighted by Gasteiger charge is -2.42. The van der Waals surface area contributed by atoms with Crippen LogP contribution in [0.2, 0.25) is 0 Å². The summed E-state index contributed by atoms with van der Waals surface area (Å²) in [6.07, 6.45) is 15.5. The second-order valence-corrected chi connectivity index (χ2v) is 11.5. The van der Waals surface area contributed by atoms with Crippen molar-refractivity contribution in [2.24, 2.45) is 7.05 Å². The molecule has 0 bridgehead atoms. The summed E-state index contributed by atoms with van der Waals surface area (Å²) in [4.78, 5) is 14.5. The van der Waals surface area contributed by atoms with Gasteiger partial charge in [-0.1, -0.05) is 6.07 Å². The van der Waals surface area contributed by atoms with E-state index >= 15 is 0 Å². The van der Waals surface area contributed by atoms with E-state index in [4.69, 9.17) is 14.6 Å². The minimum atomic E-state index is -0.381. The number of benzene rings is 1. The molecule has 2 aliphatic carbocycles. The fourth-order valence-electron chi connectivity index (χ4n) is 6.68. The maximum Gasteiger partial charge on any atom is 0.337 e. The van der Waals surface area contributed by atoms with E-state index < -0.39 is 0 Å². The summed E-state index contributed by atoms with van der Waals surface area (Å²) in [5.74, 6) is 3.01. The average molecular weight is 533 g/mol. The van der Waals surface area contributed by atoms with Gasteiger partial charge in [0.2, 0.25) is 0 Å². The molecule has 2 saturated carbocycles. The lowest BCUT2D eigenvalue weighted by molar-refractivity contribution is 0.0600. The molecule has 39 heavy (non-hydrogen) atoms. The molecule has 0 radical (unpaired) electrons. The van der Waals surface area contributed by atoms with Gasteiger partial charge < -0.3 is 18.9 Å². The van der Waals surface area contributed by atoms with Gasteiger partial charge in [0.1, 0.15) is 18.2 Å². The number of ether oxygens (including phenoxy) is 2. The highest BCUT2D eigenvalue weighted by Crippen LogP contribution is 2.40. The molecule has 208 valence electrons. The molecule has 3 fully saturated rings. The molecule has 2 aromatic heterocycles. The van der Waals surface area contributed by atoms with E-state index in [2.05, 4.69) is 36.7 Å². The Morgan fingerprint density at radius 2 is 1.72 bits per heavy atom. The zero-order chi connectivity index (χ0) is 26.8. The van der Waals surface area contributed by atoms with Gasteiger partial charge in [-0.2, -0.15) is 5.10 Å². The molecule has 1 saturated heterocycles. The van der Waals surface area contributed by atoms with Crippen LogP contribution >= 0.6 is 0 Å². The van der Waals surface area contributed by atoms with Crippen LogP contribution in [0.1, 0.15) is 103 Å². The minimum absolute atomic E-state index is 0.294. The summed E-state index contributed by atoms with van der Waals surface area (Å²) in [7, 11) is 3.39. The van der Waals surface area contributed by atoms with Crippen molar-refractivity contribution in [3.05, 3.63) is 59.4 Å². The smallest absolute Gasteiger partial charge is 0.337 e. The molecule has 0 atom stereocenters. The van der Waals surface area contributed by atoms with Crippen LogP contribution in [-0.2, 0) is 18.4 Å². The second kappa shape index (κ2) is 11.5. The summed E-state index contributed by atoms with van der Waals surface area (Å²) in [6, 6.07) is 8.38. The van der Waals surface area contributed by atoms with Crippen molar-refractivity contribution in [2.45, 2.75) is 88.3 Å². The fraction of sp³-hybridized carbons (Fsp3) is 0.600. The van der Waals surface area contributed by atoms with Crippen LogP contribution in [0, 0.1) is 0 Å². The first-order chi connectivity index (χ1) is 19.1. The van der Waals surface area contributed by atoms with Gasteiger partial charge in [0.25, 0.3) is 0 Å². The van der Waals surface area contributed by atoms with Crippen molar-refractivity contribution in [2.75, 3.05) is 20.2 Å². The van der Waals surface area contributed by atoms with Crippen LogP contribution in [0.15, 0.2) is 36.7 Å². The van der Waals surface area contributed by atoms with Crippen LogP contribution < -0.4 is 4.74 Å². The third-order valence-electron chi connectivity index (χ3n) is 9.25. The SMILES string of the molecule is COC(=O)c1cccc(OCc2nnc(C3CCC(c4cnn(C5CCC(N6CCC6)CC5)c4)CC3)n2C)c1. The fourth-order valence-corrected chi connectivity index (χ4v) is 6.68. The number of hydrogen-bond donors (Lipinski definition) is 0. The zero-order valence-corrected chi connectivity index (χ0v) is 23.2. The molecule has 0 spiro atoms. The summed E-state index contributed by atoms with van der Waals surface area (Å²) < 4.78 is 15.1. The Labute approximate surface area is 230 Å². The van der Waals surface area contributed by atoms with E-state index in [1.54, 1.807) is 18.2 Å². The van der Waals surface area contributed by atoms with Gasteiger partial charge in [-0.15, -0.1) is 10.2 Å². The number of rotatable bonds is 8. The minimum Gasteiger partial charge on any atom is -0.486 e. The lowest BCUT2D eigenvalue weighted by Crippen LogP contribution is -2.46. The first-order valence-corrected chi connectivity index (χ1v) is 14.6. The van der Waals surface area contributed by atoms with Gasteiger partial charge in [0.15, 0.2) is 5.82 Å². The van der Waals surface area contributed by atoms with Gasteiger partial charge >= 0.3 is 5.97 Å². The summed E-state index contributed by atoms with van der Waals surface area (Å²) >= 11 is 0. The number of esters is 1. The van der Waals surface area contributed by atoms with Gasteiger partial charge in [-0.05, 0) is 101 Å². The predicted molar refractivity (Wildman–Crippen MR) is 147 cm³/mol. The van der Waals surface area contributed by atoms with E-state index in [1.807, 2.05) is 13.1 Å². The van der Waals surface area contributed by atoms with E-state index in [1.165, 1.54) is 57.9 Å². The highest BCUT2D eigenvalue weighted by molar-refractivity contribution is 5.89. The largest absolute Gasteiger partial charge is 0.486 e. The molecule has 0 N–H and O–H groups in total. The van der Waals surface area contributed by atoms with Crippen molar-refractivity contribution < 1.29 is 14.3 Å². The summed E-state index contributed by atoms with van der Waals surface area (Å²) in [6.45, 7) is 2.91.